The molecule has 202 valence electrons. The molecule has 0 radical (unpaired) electrons. The molecule has 0 atom stereocenters. The zero-order chi connectivity index (χ0) is 27.3. The number of hydrogen-bond donors (Lipinski definition) is 2. The molecule has 0 amide bonds. The SMILES string of the molecule is COC(=O)COc1c(C(=O)O)sc(-c2cccc(N(C3CCNCC3)S(=O)(=O)Cc3ccccc3)c2)c1Cl. The van der Waals surface area contributed by atoms with Crippen LogP contribution in [-0.2, 0) is 25.3 Å². The van der Waals surface area contributed by atoms with Gasteiger partial charge in [0.05, 0.1) is 23.4 Å². The molecule has 2 heterocycles. The third-order valence-electron chi connectivity index (χ3n) is 6.06. The Hall–Kier alpha value is -3.12. The summed E-state index contributed by atoms with van der Waals surface area (Å²) >= 11 is 7.43. The molecule has 0 bridgehead atoms. The van der Waals surface area contributed by atoms with Crippen molar-refractivity contribution in [3.8, 4) is 16.2 Å². The number of rotatable bonds is 10. The number of halogens is 1. The Bertz CT molecular complexity index is 1400. The summed E-state index contributed by atoms with van der Waals surface area (Å²) in [6.07, 6.45) is 1.29. The normalized spacial score (nSPS) is 14.2. The number of piperidine rings is 1. The molecule has 1 saturated heterocycles. The Balaban J connectivity index is 1.75. The number of carbonyl (C=O) groups is 2. The van der Waals surface area contributed by atoms with E-state index in [4.69, 9.17) is 16.3 Å². The number of benzene rings is 2. The summed E-state index contributed by atoms with van der Waals surface area (Å²) in [5, 5.41) is 13.0. The number of sulfonamides is 1. The number of hydrogen-bond acceptors (Lipinski definition) is 8. The molecule has 4 rings (SSSR count). The van der Waals surface area contributed by atoms with Crippen molar-refractivity contribution in [2.24, 2.45) is 0 Å². The van der Waals surface area contributed by atoms with Crippen LogP contribution in [0.25, 0.3) is 10.4 Å². The number of thiophene rings is 1. The van der Waals surface area contributed by atoms with Crippen LogP contribution in [0.1, 0.15) is 28.1 Å². The second-order valence-corrected chi connectivity index (χ2v) is 11.9. The average molecular weight is 579 g/mol. The number of ether oxygens (including phenoxy) is 2. The molecule has 2 N–H and O–H groups in total. The summed E-state index contributed by atoms with van der Waals surface area (Å²) in [6.45, 7) is 0.886. The summed E-state index contributed by atoms with van der Waals surface area (Å²) in [5.74, 6) is -2.24. The maximum Gasteiger partial charge on any atom is 0.349 e. The van der Waals surface area contributed by atoms with Crippen molar-refractivity contribution in [2.45, 2.75) is 24.6 Å². The number of carbonyl (C=O) groups excluding carboxylic acids is 1. The molecular formula is C26H27ClN2O7S2. The molecule has 38 heavy (non-hydrogen) atoms. The van der Waals surface area contributed by atoms with Gasteiger partial charge < -0.3 is 19.9 Å². The molecule has 3 aromatic rings. The van der Waals surface area contributed by atoms with E-state index in [0.717, 1.165) is 11.3 Å². The lowest BCUT2D eigenvalue weighted by molar-refractivity contribution is -0.142. The van der Waals surface area contributed by atoms with Crippen molar-refractivity contribution in [1.82, 2.24) is 5.32 Å². The van der Waals surface area contributed by atoms with Gasteiger partial charge in [0.15, 0.2) is 17.2 Å². The van der Waals surface area contributed by atoms with Gasteiger partial charge in [-0.2, -0.15) is 0 Å². The number of esters is 1. The summed E-state index contributed by atoms with van der Waals surface area (Å²) in [7, 11) is -2.58. The number of carboxylic acids is 1. The summed E-state index contributed by atoms with van der Waals surface area (Å²) < 4.78 is 39.0. The quantitative estimate of drug-likeness (QED) is 0.339. The number of methoxy groups -OCH3 is 1. The Morgan fingerprint density at radius 2 is 1.84 bits per heavy atom. The highest BCUT2D eigenvalue weighted by atomic mass is 35.5. The van der Waals surface area contributed by atoms with Crippen molar-refractivity contribution >= 4 is 50.6 Å². The lowest BCUT2D eigenvalue weighted by atomic mass is 10.1. The Morgan fingerprint density at radius 1 is 1.13 bits per heavy atom. The van der Waals surface area contributed by atoms with E-state index in [1.165, 1.54) is 11.4 Å². The number of carboxylic acid groups (broad SMARTS) is 1. The van der Waals surface area contributed by atoms with Crippen LogP contribution in [0.2, 0.25) is 5.02 Å². The molecule has 12 heteroatoms. The standard InChI is InChI=1S/C26H27ClN2O7S2/c1-35-21(30)15-36-23-22(27)24(37-25(23)26(31)32)18-8-5-9-20(14-18)29(19-10-12-28-13-11-19)38(33,34)16-17-6-3-2-4-7-17/h2-9,14,19,28H,10-13,15-16H2,1H3,(H,31,32). The topological polar surface area (TPSA) is 122 Å². The highest BCUT2D eigenvalue weighted by Gasteiger charge is 2.32. The number of aromatic carboxylic acids is 1. The van der Waals surface area contributed by atoms with Gasteiger partial charge >= 0.3 is 11.9 Å². The van der Waals surface area contributed by atoms with Gasteiger partial charge in [-0.25, -0.2) is 18.0 Å². The van der Waals surface area contributed by atoms with Gasteiger partial charge in [0, 0.05) is 6.04 Å². The van der Waals surface area contributed by atoms with E-state index in [9.17, 15) is 23.1 Å². The van der Waals surface area contributed by atoms with Gasteiger partial charge in [-0.3, -0.25) is 4.31 Å². The predicted octanol–water partition coefficient (Wildman–Crippen LogP) is 4.41. The lowest BCUT2D eigenvalue weighted by Crippen LogP contribution is -2.46. The van der Waals surface area contributed by atoms with E-state index in [-0.39, 0.29) is 27.4 Å². The molecule has 9 nitrogen and oxygen atoms in total. The Morgan fingerprint density at radius 3 is 2.50 bits per heavy atom. The lowest BCUT2D eigenvalue weighted by Gasteiger charge is -2.35. The van der Waals surface area contributed by atoms with Crippen LogP contribution in [0.3, 0.4) is 0 Å². The van der Waals surface area contributed by atoms with Crippen LogP contribution in [0.5, 0.6) is 5.75 Å². The van der Waals surface area contributed by atoms with E-state index in [1.807, 2.05) is 6.07 Å². The van der Waals surface area contributed by atoms with Crippen molar-refractivity contribution in [3.63, 3.8) is 0 Å². The van der Waals surface area contributed by atoms with Crippen LogP contribution in [-0.4, -0.2) is 58.3 Å². The molecule has 1 fully saturated rings. The maximum absolute atomic E-state index is 13.8. The highest BCUT2D eigenvalue weighted by molar-refractivity contribution is 7.92. The Kier molecular flexibility index (Phi) is 8.93. The zero-order valence-electron chi connectivity index (χ0n) is 20.6. The van der Waals surface area contributed by atoms with Gasteiger partial charge in [0.2, 0.25) is 10.0 Å². The van der Waals surface area contributed by atoms with Gasteiger partial charge in [-0.15, -0.1) is 11.3 Å². The molecule has 0 unspecified atom stereocenters. The fourth-order valence-corrected chi connectivity index (χ4v) is 7.57. The summed E-state index contributed by atoms with van der Waals surface area (Å²) in [4.78, 5) is 23.6. The van der Waals surface area contributed by atoms with Crippen LogP contribution in [0.4, 0.5) is 5.69 Å². The minimum absolute atomic E-state index is 0.0222. The average Bonchev–Trinajstić information content (AvgIpc) is 3.24. The smallest absolute Gasteiger partial charge is 0.349 e. The minimum Gasteiger partial charge on any atom is -0.479 e. The highest BCUT2D eigenvalue weighted by Crippen LogP contribution is 2.46. The molecular weight excluding hydrogens is 552 g/mol. The van der Waals surface area contributed by atoms with Crippen LogP contribution in [0.15, 0.2) is 54.6 Å². The second kappa shape index (κ2) is 12.2. The summed E-state index contributed by atoms with van der Waals surface area (Å²) in [6, 6.07) is 15.6. The first-order valence-electron chi connectivity index (χ1n) is 11.8. The first-order valence-corrected chi connectivity index (χ1v) is 14.6. The van der Waals surface area contributed by atoms with Gasteiger partial charge in [0.25, 0.3) is 0 Å². The molecule has 2 aromatic carbocycles. The van der Waals surface area contributed by atoms with Crippen molar-refractivity contribution < 1.29 is 32.6 Å². The van der Waals surface area contributed by atoms with E-state index in [2.05, 4.69) is 10.1 Å². The van der Waals surface area contributed by atoms with E-state index >= 15 is 0 Å². The molecule has 0 spiro atoms. The zero-order valence-corrected chi connectivity index (χ0v) is 22.9. The third-order valence-corrected chi connectivity index (χ3v) is 9.55. The van der Waals surface area contributed by atoms with Crippen LogP contribution >= 0.6 is 22.9 Å². The van der Waals surface area contributed by atoms with Crippen LogP contribution < -0.4 is 14.4 Å². The number of nitrogens with zero attached hydrogens (tertiary/aromatic N) is 1. The van der Waals surface area contributed by atoms with E-state index in [1.54, 1.807) is 48.5 Å². The fraction of sp³-hybridized carbons (Fsp3) is 0.308. The third kappa shape index (κ3) is 6.29. The molecule has 1 aliphatic heterocycles. The van der Waals surface area contributed by atoms with E-state index < -0.39 is 28.6 Å². The molecule has 0 aliphatic carbocycles. The van der Waals surface area contributed by atoms with Crippen molar-refractivity contribution in [2.75, 3.05) is 31.1 Å². The van der Waals surface area contributed by atoms with E-state index in [0.29, 0.717) is 47.6 Å². The predicted molar refractivity (Wildman–Crippen MR) is 147 cm³/mol. The second-order valence-electron chi connectivity index (χ2n) is 8.64. The first kappa shape index (κ1) is 27.9. The van der Waals surface area contributed by atoms with Gasteiger partial charge in [-0.05, 0) is 49.2 Å². The maximum atomic E-state index is 13.8. The van der Waals surface area contributed by atoms with Crippen LogP contribution in [0, 0.1) is 0 Å². The molecule has 1 aliphatic rings. The van der Waals surface area contributed by atoms with Crippen molar-refractivity contribution in [1.29, 1.82) is 0 Å². The monoisotopic (exact) mass is 578 g/mol. The number of anilines is 1. The fourth-order valence-electron chi connectivity index (χ4n) is 4.32. The summed E-state index contributed by atoms with van der Waals surface area (Å²) in [5.41, 5.74) is 1.67. The minimum atomic E-state index is -3.77. The van der Waals surface area contributed by atoms with Gasteiger partial charge in [0.1, 0.15) is 5.02 Å². The molecule has 1 aromatic heterocycles. The largest absolute Gasteiger partial charge is 0.479 e. The molecule has 0 saturated carbocycles. The first-order chi connectivity index (χ1) is 18.2. The van der Waals surface area contributed by atoms with Crippen molar-refractivity contribution in [3.05, 3.63) is 70.1 Å². The Labute approximate surface area is 230 Å². The number of nitrogens with one attached hydrogen (secondary N) is 1. The van der Waals surface area contributed by atoms with Gasteiger partial charge in [-0.1, -0.05) is 54.1 Å².